The minimum Gasteiger partial charge on any atom is -0.369 e. The number of carbonyl (C=O) groups excluding carboxylic acids is 2. The van der Waals surface area contributed by atoms with Crippen molar-refractivity contribution in [3.05, 3.63) is 31.9 Å². The smallest absolute Gasteiger partial charge is 0.294 e. The average molecular weight is 375 g/mol. The minimum atomic E-state index is -0.591. The molecule has 100 valence electrons. The van der Waals surface area contributed by atoms with Crippen LogP contribution in [0.5, 0.6) is 0 Å². The summed E-state index contributed by atoms with van der Waals surface area (Å²) in [6.07, 6.45) is -0.00151. The van der Waals surface area contributed by atoms with E-state index >= 15 is 0 Å². The molecule has 1 fully saturated rings. The Kier molecular flexibility index (Phi) is 3.69. The van der Waals surface area contributed by atoms with E-state index in [0.717, 1.165) is 0 Å². The first-order valence-corrected chi connectivity index (χ1v) is 6.51. The summed E-state index contributed by atoms with van der Waals surface area (Å²) in [5.74, 6) is -1.48. The number of nitro benzene ring substituents is 1. The SMILES string of the molecule is NC(=O)C1CC(=O)N(c2ccc(I)cc2[N+](=O)[O-])C1. The van der Waals surface area contributed by atoms with Crippen LogP contribution in [-0.4, -0.2) is 23.3 Å². The first-order chi connectivity index (χ1) is 8.90. The van der Waals surface area contributed by atoms with Gasteiger partial charge in [0.1, 0.15) is 5.69 Å². The molecule has 1 aliphatic heterocycles. The Morgan fingerprint density at radius 1 is 1.53 bits per heavy atom. The van der Waals surface area contributed by atoms with E-state index in [9.17, 15) is 19.7 Å². The van der Waals surface area contributed by atoms with Crippen LogP contribution in [-0.2, 0) is 9.59 Å². The summed E-state index contributed by atoms with van der Waals surface area (Å²) in [6, 6.07) is 4.58. The molecule has 1 aliphatic rings. The highest BCUT2D eigenvalue weighted by Gasteiger charge is 2.36. The number of anilines is 1. The van der Waals surface area contributed by atoms with Crippen molar-refractivity contribution < 1.29 is 14.5 Å². The lowest BCUT2D eigenvalue weighted by atomic mass is 10.1. The zero-order valence-electron chi connectivity index (χ0n) is 9.71. The maximum atomic E-state index is 11.8. The van der Waals surface area contributed by atoms with Crippen molar-refractivity contribution >= 4 is 45.8 Å². The van der Waals surface area contributed by atoms with Crippen LogP contribution in [0.15, 0.2) is 18.2 Å². The quantitative estimate of drug-likeness (QED) is 0.484. The van der Waals surface area contributed by atoms with Crippen molar-refractivity contribution in [3.63, 3.8) is 0 Å². The Hall–Kier alpha value is -1.71. The van der Waals surface area contributed by atoms with E-state index in [1.54, 1.807) is 6.07 Å². The van der Waals surface area contributed by atoms with Crippen molar-refractivity contribution in [2.75, 3.05) is 11.4 Å². The summed E-state index contributed by atoms with van der Waals surface area (Å²) in [5.41, 5.74) is 5.23. The number of nitro groups is 1. The highest BCUT2D eigenvalue weighted by molar-refractivity contribution is 14.1. The molecule has 19 heavy (non-hydrogen) atoms. The first kappa shape index (κ1) is 13.7. The van der Waals surface area contributed by atoms with Gasteiger partial charge < -0.3 is 10.6 Å². The Bertz CT molecular complexity index is 575. The van der Waals surface area contributed by atoms with Crippen LogP contribution < -0.4 is 10.6 Å². The number of halogens is 1. The number of benzene rings is 1. The summed E-state index contributed by atoms with van der Waals surface area (Å²) in [5, 5.41) is 11.0. The largest absolute Gasteiger partial charge is 0.369 e. The number of hydrogen-bond acceptors (Lipinski definition) is 4. The predicted octanol–water partition coefficient (Wildman–Crippen LogP) is 1.04. The standard InChI is InChI=1S/C11H10IN3O4/c12-7-1-2-8(9(4-7)15(18)19)14-5-6(11(13)17)3-10(14)16/h1-2,4,6H,3,5H2,(H2,13,17). The molecule has 1 heterocycles. The minimum absolute atomic E-state index is 0.00151. The number of carbonyl (C=O) groups is 2. The monoisotopic (exact) mass is 375 g/mol. The van der Waals surface area contributed by atoms with Gasteiger partial charge in [-0.2, -0.15) is 0 Å². The van der Waals surface area contributed by atoms with Crippen LogP contribution in [0.1, 0.15) is 6.42 Å². The Labute approximate surface area is 122 Å². The van der Waals surface area contributed by atoms with Gasteiger partial charge in [-0.05, 0) is 34.7 Å². The molecule has 1 aromatic carbocycles. The maximum absolute atomic E-state index is 11.8. The second kappa shape index (κ2) is 5.11. The molecule has 0 aromatic heterocycles. The second-order valence-corrected chi connectivity index (χ2v) is 5.44. The van der Waals surface area contributed by atoms with Gasteiger partial charge in [0.05, 0.1) is 10.8 Å². The fourth-order valence-electron chi connectivity index (χ4n) is 2.00. The molecule has 2 rings (SSSR count). The molecule has 0 spiro atoms. The van der Waals surface area contributed by atoms with Gasteiger partial charge in [0.25, 0.3) is 5.69 Å². The zero-order chi connectivity index (χ0) is 14.2. The molecule has 2 amide bonds. The topological polar surface area (TPSA) is 107 Å². The lowest BCUT2D eigenvalue weighted by molar-refractivity contribution is -0.384. The molecule has 7 nitrogen and oxygen atoms in total. The summed E-state index contributed by atoms with van der Waals surface area (Å²) in [4.78, 5) is 34.7. The molecular formula is C11H10IN3O4. The van der Waals surface area contributed by atoms with E-state index in [0.29, 0.717) is 3.57 Å². The van der Waals surface area contributed by atoms with Crippen molar-refractivity contribution in [1.29, 1.82) is 0 Å². The number of rotatable bonds is 3. The molecule has 8 heteroatoms. The van der Waals surface area contributed by atoms with Gasteiger partial charge in [-0.1, -0.05) is 0 Å². The van der Waals surface area contributed by atoms with E-state index in [1.807, 2.05) is 22.6 Å². The van der Waals surface area contributed by atoms with Gasteiger partial charge in [0.15, 0.2) is 0 Å². The van der Waals surface area contributed by atoms with Gasteiger partial charge in [-0.25, -0.2) is 0 Å². The highest BCUT2D eigenvalue weighted by atomic mass is 127. The molecule has 1 aromatic rings. The van der Waals surface area contributed by atoms with Crippen molar-refractivity contribution in [1.82, 2.24) is 0 Å². The van der Waals surface area contributed by atoms with Crippen molar-refractivity contribution in [2.45, 2.75) is 6.42 Å². The van der Waals surface area contributed by atoms with Crippen molar-refractivity contribution in [3.8, 4) is 0 Å². The fourth-order valence-corrected chi connectivity index (χ4v) is 2.48. The van der Waals surface area contributed by atoms with E-state index in [1.165, 1.54) is 17.0 Å². The van der Waals surface area contributed by atoms with Gasteiger partial charge in [0, 0.05) is 22.6 Å². The lowest BCUT2D eigenvalue weighted by Crippen LogP contribution is -2.28. The molecule has 1 saturated heterocycles. The Balaban J connectivity index is 2.40. The van der Waals surface area contributed by atoms with E-state index < -0.39 is 16.7 Å². The van der Waals surface area contributed by atoms with E-state index in [-0.39, 0.29) is 30.2 Å². The fraction of sp³-hybridized carbons (Fsp3) is 0.273. The molecule has 2 N–H and O–H groups in total. The Morgan fingerprint density at radius 3 is 2.74 bits per heavy atom. The first-order valence-electron chi connectivity index (χ1n) is 5.43. The number of hydrogen-bond donors (Lipinski definition) is 1. The molecule has 1 atom stereocenters. The molecule has 0 aliphatic carbocycles. The number of amides is 2. The summed E-state index contributed by atoms with van der Waals surface area (Å²) < 4.78 is 0.700. The second-order valence-electron chi connectivity index (χ2n) is 4.20. The van der Waals surface area contributed by atoms with E-state index in [4.69, 9.17) is 5.73 Å². The van der Waals surface area contributed by atoms with Crippen LogP contribution in [0.2, 0.25) is 0 Å². The zero-order valence-corrected chi connectivity index (χ0v) is 11.9. The van der Waals surface area contributed by atoms with Gasteiger partial charge in [-0.3, -0.25) is 19.7 Å². The molecular weight excluding hydrogens is 365 g/mol. The van der Waals surface area contributed by atoms with Gasteiger partial charge in [-0.15, -0.1) is 0 Å². The van der Waals surface area contributed by atoms with Crippen LogP contribution in [0.4, 0.5) is 11.4 Å². The lowest BCUT2D eigenvalue weighted by Gasteiger charge is -2.16. The number of nitrogens with two attached hydrogens (primary N) is 1. The third-order valence-corrected chi connectivity index (χ3v) is 3.62. The molecule has 0 saturated carbocycles. The van der Waals surface area contributed by atoms with Gasteiger partial charge in [0.2, 0.25) is 11.8 Å². The number of nitrogens with zero attached hydrogens (tertiary/aromatic N) is 2. The van der Waals surface area contributed by atoms with Crippen LogP contribution in [0.3, 0.4) is 0 Å². The van der Waals surface area contributed by atoms with Crippen LogP contribution in [0.25, 0.3) is 0 Å². The van der Waals surface area contributed by atoms with Crippen molar-refractivity contribution in [2.24, 2.45) is 11.7 Å². The van der Waals surface area contributed by atoms with Crippen LogP contribution >= 0.6 is 22.6 Å². The summed E-state index contributed by atoms with van der Waals surface area (Å²) in [6.45, 7) is 0.0929. The average Bonchev–Trinajstić information content (AvgIpc) is 2.71. The molecule has 0 radical (unpaired) electrons. The number of primary amides is 1. The summed E-state index contributed by atoms with van der Waals surface area (Å²) >= 11 is 1.96. The molecule has 1 unspecified atom stereocenters. The Morgan fingerprint density at radius 2 is 2.21 bits per heavy atom. The molecule has 0 bridgehead atoms. The van der Waals surface area contributed by atoms with Gasteiger partial charge >= 0.3 is 0 Å². The normalized spacial score (nSPS) is 18.7. The maximum Gasteiger partial charge on any atom is 0.294 e. The summed E-state index contributed by atoms with van der Waals surface area (Å²) in [7, 11) is 0. The van der Waals surface area contributed by atoms with Crippen LogP contribution in [0, 0.1) is 19.6 Å². The van der Waals surface area contributed by atoms with E-state index in [2.05, 4.69) is 0 Å². The highest BCUT2D eigenvalue weighted by Crippen LogP contribution is 2.33. The third-order valence-electron chi connectivity index (χ3n) is 2.95. The third kappa shape index (κ3) is 2.67. The predicted molar refractivity (Wildman–Crippen MR) is 75.5 cm³/mol.